The molecule has 0 amide bonds. The molecule has 0 unspecified atom stereocenters. The molecule has 1 N–H and O–H groups in total. The zero-order chi connectivity index (χ0) is 17.5. The summed E-state index contributed by atoms with van der Waals surface area (Å²) in [6.07, 6.45) is 2.53. The second-order valence-electron chi connectivity index (χ2n) is 5.69. The second-order valence-corrected chi connectivity index (χ2v) is 7.78. The molecule has 8 heteroatoms. The summed E-state index contributed by atoms with van der Waals surface area (Å²) in [6, 6.07) is 8.07. The van der Waals surface area contributed by atoms with Crippen molar-refractivity contribution in [1.29, 1.82) is 0 Å². The van der Waals surface area contributed by atoms with Gasteiger partial charge in [0.15, 0.2) is 5.96 Å². The predicted octanol–water partition coefficient (Wildman–Crippen LogP) is 4.54. The lowest BCUT2D eigenvalue weighted by Gasteiger charge is -2.21. The van der Waals surface area contributed by atoms with E-state index in [1.165, 1.54) is 4.88 Å². The van der Waals surface area contributed by atoms with E-state index in [-0.39, 0.29) is 24.0 Å². The topological polar surface area (TPSA) is 53.7 Å². The van der Waals surface area contributed by atoms with Gasteiger partial charge in [-0.2, -0.15) is 0 Å². The Bertz CT molecular complexity index is 784. The van der Waals surface area contributed by atoms with Crippen molar-refractivity contribution in [1.82, 2.24) is 15.2 Å². The van der Waals surface area contributed by atoms with Crippen molar-refractivity contribution in [3.05, 3.63) is 62.6 Å². The number of aryl methyl sites for hydroxylation is 1. The van der Waals surface area contributed by atoms with Gasteiger partial charge in [0, 0.05) is 30.3 Å². The number of furan rings is 1. The number of nitrogens with zero attached hydrogens (tertiary/aromatic N) is 3. The Hall–Kier alpha value is -1.39. The fourth-order valence-electron chi connectivity index (χ4n) is 2.42. The smallest absolute Gasteiger partial charge is 0.194 e. The lowest BCUT2D eigenvalue weighted by molar-refractivity contribution is 0.463. The van der Waals surface area contributed by atoms with Crippen molar-refractivity contribution in [2.24, 2.45) is 4.99 Å². The van der Waals surface area contributed by atoms with E-state index >= 15 is 0 Å². The molecule has 3 aromatic heterocycles. The van der Waals surface area contributed by atoms with Crippen molar-refractivity contribution in [3.63, 3.8) is 0 Å². The van der Waals surface area contributed by atoms with Gasteiger partial charge in [0.25, 0.3) is 0 Å². The Morgan fingerprint density at radius 2 is 2.19 bits per heavy atom. The summed E-state index contributed by atoms with van der Waals surface area (Å²) < 4.78 is 5.39. The first-order valence-corrected chi connectivity index (χ1v) is 9.92. The van der Waals surface area contributed by atoms with Gasteiger partial charge in [-0.3, -0.25) is 0 Å². The Labute approximate surface area is 179 Å². The molecule has 0 saturated heterocycles. The Balaban J connectivity index is 0.00000243. The first-order chi connectivity index (χ1) is 12.2. The summed E-state index contributed by atoms with van der Waals surface area (Å²) in [7, 11) is 2.04. The fourth-order valence-corrected chi connectivity index (χ4v) is 3.65. The lowest BCUT2D eigenvalue weighted by atomic mass is 10.3. The molecule has 0 atom stereocenters. The summed E-state index contributed by atoms with van der Waals surface area (Å²) in [5, 5.41) is 8.72. The highest BCUT2D eigenvalue weighted by Crippen LogP contribution is 2.12. The van der Waals surface area contributed by atoms with Crippen LogP contribution in [0.4, 0.5) is 0 Å². The van der Waals surface area contributed by atoms with Gasteiger partial charge in [-0.15, -0.1) is 46.7 Å². The lowest BCUT2D eigenvalue weighted by Crippen LogP contribution is -2.39. The quantitative estimate of drug-likeness (QED) is 0.293. The molecule has 0 saturated carbocycles. The first-order valence-electron chi connectivity index (χ1n) is 8.16. The van der Waals surface area contributed by atoms with Crippen molar-refractivity contribution in [2.75, 3.05) is 13.6 Å². The van der Waals surface area contributed by atoms with Crippen LogP contribution in [0.3, 0.4) is 0 Å². The van der Waals surface area contributed by atoms with Crippen LogP contribution >= 0.6 is 46.7 Å². The standard InChI is InChI=1S/C18H22N4OS2.HI/c1-14-21-15(13-25-14)12-22(2)18(20-11-17-6-4-10-24-17)19-8-7-16-5-3-9-23-16;/h3-6,9-10,13H,7-8,11-12H2,1-2H3,(H,19,20);1H. The summed E-state index contributed by atoms with van der Waals surface area (Å²) in [5.74, 6) is 1.86. The monoisotopic (exact) mass is 502 g/mol. The van der Waals surface area contributed by atoms with E-state index in [1.54, 1.807) is 28.9 Å². The Kier molecular flexibility index (Phi) is 8.60. The predicted molar refractivity (Wildman–Crippen MR) is 120 cm³/mol. The molecular formula is C18H23IN4OS2. The molecule has 0 aliphatic rings. The molecular weight excluding hydrogens is 479 g/mol. The zero-order valence-electron chi connectivity index (χ0n) is 14.8. The number of thiazole rings is 1. The van der Waals surface area contributed by atoms with Crippen LogP contribution in [-0.2, 0) is 19.5 Å². The number of hydrogen-bond acceptors (Lipinski definition) is 5. The van der Waals surface area contributed by atoms with Crippen molar-refractivity contribution in [2.45, 2.75) is 26.4 Å². The average Bonchev–Trinajstić information content (AvgIpc) is 3.34. The minimum absolute atomic E-state index is 0. The molecule has 0 spiro atoms. The third-order valence-corrected chi connectivity index (χ3v) is 5.31. The molecule has 140 valence electrons. The minimum atomic E-state index is 0. The van der Waals surface area contributed by atoms with Crippen LogP contribution in [0.15, 0.2) is 50.7 Å². The molecule has 0 bridgehead atoms. The van der Waals surface area contributed by atoms with Crippen LogP contribution in [0.1, 0.15) is 21.3 Å². The summed E-state index contributed by atoms with van der Waals surface area (Å²) in [6.45, 7) is 4.22. The number of hydrogen-bond donors (Lipinski definition) is 1. The first kappa shape index (κ1) is 20.9. The number of nitrogens with one attached hydrogen (secondary N) is 1. The minimum Gasteiger partial charge on any atom is -0.469 e. The van der Waals surface area contributed by atoms with Gasteiger partial charge >= 0.3 is 0 Å². The van der Waals surface area contributed by atoms with Gasteiger partial charge in [0.05, 0.1) is 30.1 Å². The molecule has 0 aliphatic heterocycles. The Morgan fingerprint density at radius 1 is 1.31 bits per heavy atom. The van der Waals surface area contributed by atoms with E-state index < -0.39 is 0 Å². The van der Waals surface area contributed by atoms with E-state index in [0.29, 0.717) is 6.54 Å². The summed E-state index contributed by atoms with van der Waals surface area (Å²) >= 11 is 3.40. The van der Waals surface area contributed by atoms with Crippen LogP contribution in [0.25, 0.3) is 0 Å². The molecule has 5 nitrogen and oxygen atoms in total. The van der Waals surface area contributed by atoms with E-state index in [0.717, 1.165) is 41.9 Å². The van der Waals surface area contributed by atoms with E-state index in [2.05, 4.69) is 38.1 Å². The molecule has 3 aromatic rings. The van der Waals surface area contributed by atoms with Crippen molar-refractivity contribution in [3.8, 4) is 0 Å². The number of guanidine groups is 1. The number of aromatic nitrogens is 1. The Morgan fingerprint density at radius 3 is 2.85 bits per heavy atom. The fraction of sp³-hybridized carbons (Fsp3) is 0.333. The van der Waals surface area contributed by atoms with Gasteiger partial charge in [-0.1, -0.05) is 6.07 Å². The van der Waals surface area contributed by atoms with E-state index in [9.17, 15) is 0 Å². The molecule has 0 radical (unpaired) electrons. The maximum atomic E-state index is 5.39. The maximum absolute atomic E-state index is 5.39. The molecule has 26 heavy (non-hydrogen) atoms. The van der Waals surface area contributed by atoms with Gasteiger partial charge in [0.2, 0.25) is 0 Å². The second kappa shape index (κ2) is 10.7. The van der Waals surface area contributed by atoms with Crippen molar-refractivity contribution >= 4 is 52.6 Å². The van der Waals surface area contributed by atoms with E-state index in [4.69, 9.17) is 9.41 Å². The van der Waals surface area contributed by atoms with Crippen LogP contribution in [0, 0.1) is 6.92 Å². The van der Waals surface area contributed by atoms with Crippen molar-refractivity contribution < 1.29 is 4.42 Å². The maximum Gasteiger partial charge on any atom is 0.194 e. The average molecular weight is 502 g/mol. The third kappa shape index (κ3) is 6.40. The normalized spacial score (nSPS) is 11.2. The summed E-state index contributed by atoms with van der Waals surface area (Å²) in [5.41, 5.74) is 1.07. The molecule has 3 rings (SSSR count). The molecule has 3 heterocycles. The van der Waals surface area contributed by atoms with Gasteiger partial charge in [-0.25, -0.2) is 9.98 Å². The summed E-state index contributed by atoms with van der Waals surface area (Å²) in [4.78, 5) is 12.7. The highest BCUT2D eigenvalue weighted by Gasteiger charge is 2.10. The van der Waals surface area contributed by atoms with E-state index in [1.807, 2.05) is 26.1 Å². The SMILES string of the molecule is Cc1nc(CN(C)C(=NCc2cccs2)NCCc2ccco2)cs1.I. The van der Waals surface area contributed by atoms with Gasteiger partial charge < -0.3 is 14.6 Å². The molecule has 0 aliphatic carbocycles. The van der Waals surface area contributed by atoms with Crippen LogP contribution in [-0.4, -0.2) is 29.4 Å². The third-order valence-electron chi connectivity index (χ3n) is 3.63. The number of thiophene rings is 1. The highest BCUT2D eigenvalue weighted by molar-refractivity contribution is 14.0. The van der Waals surface area contributed by atoms with Crippen LogP contribution < -0.4 is 5.32 Å². The van der Waals surface area contributed by atoms with Crippen LogP contribution in [0.5, 0.6) is 0 Å². The largest absolute Gasteiger partial charge is 0.469 e. The van der Waals surface area contributed by atoms with Gasteiger partial charge in [-0.05, 0) is 30.5 Å². The molecule has 0 aromatic carbocycles. The number of aliphatic imine (C=N–C) groups is 1. The zero-order valence-corrected chi connectivity index (χ0v) is 18.8. The number of rotatable bonds is 7. The highest BCUT2D eigenvalue weighted by atomic mass is 127. The van der Waals surface area contributed by atoms with Gasteiger partial charge in [0.1, 0.15) is 5.76 Å². The van der Waals surface area contributed by atoms with Crippen LogP contribution in [0.2, 0.25) is 0 Å². The molecule has 0 fully saturated rings. The number of halogens is 1.